The first-order valence-electron chi connectivity index (χ1n) is 11.0. The van der Waals surface area contributed by atoms with Crippen molar-refractivity contribution in [3.63, 3.8) is 0 Å². The summed E-state index contributed by atoms with van der Waals surface area (Å²) in [6.07, 6.45) is 5.55. The fourth-order valence-corrected chi connectivity index (χ4v) is 4.37. The molecule has 1 atom stereocenters. The summed E-state index contributed by atoms with van der Waals surface area (Å²) in [5.74, 6) is -1.33. The van der Waals surface area contributed by atoms with Gasteiger partial charge in [-0.15, -0.1) is 0 Å². The Labute approximate surface area is 188 Å². The van der Waals surface area contributed by atoms with E-state index in [4.69, 9.17) is 4.74 Å². The molecule has 33 heavy (non-hydrogen) atoms. The van der Waals surface area contributed by atoms with Crippen LogP contribution in [0.5, 0.6) is 0 Å². The van der Waals surface area contributed by atoms with Crippen LogP contribution >= 0.6 is 0 Å². The quantitative estimate of drug-likeness (QED) is 0.575. The van der Waals surface area contributed by atoms with Crippen molar-refractivity contribution in [3.05, 3.63) is 59.4 Å². The number of nitrogens with one attached hydrogen (secondary N) is 1. The smallest absolute Gasteiger partial charge is 0.331 e. The minimum Gasteiger partial charge on any atom is -0.464 e. The third-order valence-electron chi connectivity index (χ3n) is 6.23. The molecule has 0 radical (unpaired) electrons. The highest BCUT2D eigenvalue weighted by Gasteiger charge is 2.53. The molecule has 1 saturated heterocycles. The molecule has 1 N–H and O–H groups in total. The maximum Gasteiger partial charge on any atom is 0.331 e. The highest BCUT2D eigenvalue weighted by Crippen LogP contribution is 2.38. The van der Waals surface area contributed by atoms with Crippen molar-refractivity contribution >= 4 is 23.3 Å². The average Bonchev–Trinajstić information content (AvgIpc) is 3.22. The second-order valence-corrected chi connectivity index (χ2v) is 8.39. The molecule has 2 aromatic heterocycles. The summed E-state index contributed by atoms with van der Waals surface area (Å²) in [4.78, 5) is 31.7. The van der Waals surface area contributed by atoms with Crippen LogP contribution in [0.15, 0.2) is 36.7 Å². The van der Waals surface area contributed by atoms with Crippen LogP contribution in [0, 0.1) is 11.6 Å². The molecule has 1 amide bonds. The van der Waals surface area contributed by atoms with Crippen molar-refractivity contribution in [1.82, 2.24) is 19.9 Å². The molecule has 3 heterocycles. The molecule has 1 aliphatic heterocycles. The van der Waals surface area contributed by atoms with Crippen molar-refractivity contribution in [2.45, 2.75) is 44.2 Å². The van der Waals surface area contributed by atoms with Crippen LogP contribution in [0.2, 0.25) is 0 Å². The van der Waals surface area contributed by atoms with Crippen LogP contribution in [0.25, 0.3) is 5.65 Å². The van der Waals surface area contributed by atoms with Crippen LogP contribution in [0.3, 0.4) is 0 Å². The van der Waals surface area contributed by atoms with E-state index in [2.05, 4.69) is 15.4 Å². The maximum atomic E-state index is 14.4. The van der Waals surface area contributed by atoms with Crippen LogP contribution in [0.4, 0.5) is 14.6 Å². The number of anilines is 1. The highest BCUT2D eigenvalue weighted by molar-refractivity contribution is 6.03. The summed E-state index contributed by atoms with van der Waals surface area (Å²) < 4.78 is 34.8. The first-order valence-corrected chi connectivity index (χ1v) is 11.0. The third kappa shape index (κ3) is 3.79. The van der Waals surface area contributed by atoms with Crippen molar-refractivity contribution in [2.24, 2.45) is 0 Å². The fraction of sp³-hybridized carbons (Fsp3) is 0.391. The summed E-state index contributed by atoms with van der Waals surface area (Å²) in [6.45, 7) is 2.57. The minimum atomic E-state index is -0.992. The number of fused-ring (bicyclic) bond motifs is 1. The molecule has 2 aliphatic rings. The molecule has 3 aromatic rings. The lowest BCUT2D eigenvalue weighted by atomic mass is 10.0. The Morgan fingerprint density at radius 1 is 1.27 bits per heavy atom. The Hall–Kier alpha value is -3.56. The van der Waals surface area contributed by atoms with Gasteiger partial charge >= 0.3 is 5.97 Å². The molecule has 2 fully saturated rings. The normalized spacial score (nSPS) is 19.0. The van der Waals surface area contributed by atoms with Crippen molar-refractivity contribution in [3.8, 4) is 0 Å². The van der Waals surface area contributed by atoms with E-state index in [1.54, 1.807) is 19.2 Å². The van der Waals surface area contributed by atoms with Gasteiger partial charge in [0.1, 0.15) is 28.6 Å². The number of amides is 1. The largest absolute Gasteiger partial charge is 0.464 e. The summed E-state index contributed by atoms with van der Waals surface area (Å²) in [5.41, 5.74) is -0.172. The first-order chi connectivity index (χ1) is 15.9. The van der Waals surface area contributed by atoms with E-state index in [-0.39, 0.29) is 23.8 Å². The van der Waals surface area contributed by atoms with Gasteiger partial charge in [0.25, 0.3) is 5.91 Å². The zero-order valence-electron chi connectivity index (χ0n) is 18.1. The average molecular weight is 455 g/mol. The number of nitrogens with zero attached hydrogens (tertiary/aromatic N) is 4. The van der Waals surface area contributed by atoms with E-state index in [1.165, 1.54) is 16.8 Å². The number of rotatable bonds is 6. The molecule has 0 bridgehead atoms. The maximum absolute atomic E-state index is 14.4. The van der Waals surface area contributed by atoms with Gasteiger partial charge in [0, 0.05) is 18.3 Å². The number of carbonyl (C=O) groups is 2. The van der Waals surface area contributed by atoms with Gasteiger partial charge in [-0.3, -0.25) is 4.79 Å². The number of hydrogen-bond acceptors (Lipinski definition) is 6. The van der Waals surface area contributed by atoms with Gasteiger partial charge in [0.15, 0.2) is 5.65 Å². The number of ether oxygens (including phenoxy) is 1. The summed E-state index contributed by atoms with van der Waals surface area (Å²) in [6, 6.07) is 4.82. The lowest BCUT2D eigenvalue weighted by molar-refractivity contribution is -0.146. The Bertz CT molecular complexity index is 1240. The SMILES string of the molecule is CCOC(=O)C1(NC(=O)c2cnn3ccc(N4CCC[C@@H]4c4cc(F)ccc4F)nc23)CC1. The summed E-state index contributed by atoms with van der Waals surface area (Å²) in [7, 11) is 0. The van der Waals surface area contributed by atoms with Crippen molar-refractivity contribution in [1.29, 1.82) is 0 Å². The molecule has 5 rings (SSSR count). The Morgan fingerprint density at radius 3 is 2.85 bits per heavy atom. The third-order valence-corrected chi connectivity index (χ3v) is 6.23. The predicted molar refractivity (Wildman–Crippen MR) is 115 cm³/mol. The van der Waals surface area contributed by atoms with Crippen molar-refractivity contribution in [2.75, 3.05) is 18.1 Å². The van der Waals surface area contributed by atoms with Gasteiger partial charge in [-0.25, -0.2) is 23.1 Å². The standard InChI is InChI=1S/C23H23F2N5O3/c1-2-33-22(32)23(8-9-23)28-21(31)16-13-26-30-11-7-19(27-20(16)30)29-10-3-4-18(29)15-12-14(24)5-6-17(15)25/h5-7,11-13,18H,2-4,8-10H2,1H3,(H,28,31)/t18-/m1/s1. The van der Waals surface area contributed by atoms with Crippen LogP contribution in [0.1, 0.15) is 54.6 Å². The lowest BCUT2D eigenvalue weighted by Crippen LogP contribution is -2.44. The molecular weight excluding hydrogens is 432 g/mol. The molecule has 1 aliphatic carbocycles. The van der Waals surface area contributed by atoms with Gasteiger partial charge in [0.05, 0.1) is 18.8 Å². The summed E-state index contributed by atoms with van der Waals surface area (Å²) in [5, 5.41) is 6.96. The number of carbonyl (C=O) groups excluding carboxylic acids is 2. The van der Waals surface area contributed by atoms with Crippen LogP contribution in [-0.2, 0) is 9.53 Å². The second-order valence-electron chi connectivity index (χ2n) is 8.39. The molecule has 1 aromatic carbocycles. The van der Waals surface area contributed by atoms with E-state index in [0.29, 0.717) is 37.3 Å². The number of hydrogen-bond donors (Lipinski definition) is 1. The van der Waals surface area contributed by atoms with E-state index < -0.39 is 29.0 Å². The molecule has 0 unspecified atom stereocenters. The Kier molecular flexibility index (Phi) is 5.22. The fourth-order valence-electron chi connectivity index (χ4n) is 4.37. The van der Waals surface area contributed by atoms with E-state index in [0.717, 1.165) is 18.6 Å². The number of benzene rings is 1. The van der Waals surface area contributed by atoms with E-state index in [1.807, 2.05) is 4.90 Å². The molecule has 1 saturated carbocycles. The molecule has 0 spiro atoms. The van der Waals surface area contributed by atoms with E-state index in [9.17, 15) is 18.4 Å². The zero-order chi connectivity index (χ0) is 23.2. The Balaban J connectivity index is 1.44. The number of aromatic nitrogens is 3. The highest BCUT2D eigenvalue weighted by atomic mass is 19.1. The number of esters is 1. The monoisotopic (exact) mass is 455 g/mol. The zero-order valence-corrected chi connectivity index (χ0v) is 18.1. The first kappa shape index (κ1) is 21.3. The molecule has 10 heteroatoms. The molecule has 8 nitrogen and oxygen atoms in total. The van der Waals surface area contributed by atoms with Crippen LogP contribution < -0.4 is 10.2 Å². The second kappa shape index (κ2) is 8.09. The lowest BCUT2D eigenvalue weighted by Gasteiger charge is -2.26. The Morgan fingerprint density at radius 2 is 2.09 bits per heavy atom. The summed E-state index contributed by atoms with van der Waals surface area (Å²) >= 11 is 0. The number of halogens is 2. The predicted octanol–water partition coefficient (Wildman–Crippen LogP) is 3.17. The minimum absolute atomic E-state index is 0.222. The van der Waals surface area contributed by atoms with Crippen LogP contribution in [-0.4, -0.2) is 45.2 Å². The topological polar surface area (TPSA) is 88.8 Å². The molecular formula is C23H23F2N5O3. The van der Waals surface area contributed by atoms with E-state index >= 15 is 0 Å². The van der Waals surface area contributed by atoms with Gasteiger partial charge in [-0.2, -0.15) is 5.10 Å². The van der Waals surface area contributed by atoms with Gasteiger partial charge in [-0.05, 0) is 56.9 Å². The van der Waals surface area contributed by atoms with Gasteiger partial charge < -0.3 is 15.0 Å². The molecule has 172 valence electrons. The van der Waals surface area contributed by atoms with Gasteiger partial charge in [-0.1, -0.05) is 0 Å². The van der Waals surface area contributed by atoms with Crippen molar-refractivity contribution < 1.29 is 23.1 Å². The van der Waals surface area contributed by atoms with Gasteiger partial charge in [0.2, 0.25) is 0 Å².